The van der Waals surface area contributed by atoms with Crippen LogP contribution in [0.3, 0.4) is 0 Å². The van der Waals surface area contributed by atoms with E-state index in [-0.39, 0.29) is 11.3 Å². The normalized spacial score (nSPS) is 10.3. The summed E-state index contributed by atoms with van der Waals surface area (Å²) in [5, 5.41) is 19.2. The molecule has 0 saturated carbocycles. The lowest BCUT2D eigenvalue weighted by Crippen LogP contribution is -2.04. The number of ether oxygens (including phenoxy) is 1. The van der Waals surface area contributed by atoms with Crippen LogP contribution in [0, 0.1) is 0 Å². The zero-order valence-electron chi connectivity index (χ0n) is 8.38. The van der Waals surface area contributed by atoms with Crippen molar-refractivity contribution in [3.63, 3.8) is 0 Å². The Kier molecular flexibility index (Phi) is 2.74. The average molecular weight is 218 g/mol. The first-order valence-corrected chi connectivity index (χ1v) is 4.72. The topological polar surface area (TPSA) is 66.8 Å². The quantitative estimate of drug-likeness (QED) is 0.772. The summed E-state index contributed by atoms with van der Waals surface area (Å²) in [7, 11) is 0. The number of aromatic carboxylic acids is 1. The molecule has 0 heterocycles. The first-order valence-electron chi connectivity index (χ1n) is 4.72. The monoisotopic (exact) mass is 218 g/mol. The molecule has 82 valence electrons. The van der Waals surface area contributed by atoms with Gasteiger partial charge in [0.1, 0.15) is 11.3 Å². The van der Waals surface area contributed by atoms with Crippen LogP contribution in [0.25, 0.3) is 10.8 Å². The van der Waals surface area contributed by atoms with Gasteiger partial charge in [-0.1, -0.05) is 30.3 Å². The molecule has 2 aromatic rings. The Bertz CT molecular complexity index is 534. The number of rotatable bonds is 3. The molecule has 2 aromatic carbocycles. The number of aliphatic hydroxyl groups is 1. The van der Waals surface area contributed by atoms with Crippen molar-refractivity contribution < 1.29 is 19.7 Å². The van der Waals surface area contributed by atoms with E-state index in [9.17, 15) is 4.79 Å². The molecule has 16 heavy (non-hydrogen) atoms. The van der Waals surface area contributed by atoms with E-state index in [1.165, 1.54) is 0 Å². The summed E-state index contributed by atoms with van der Waals surface area (Å²) in [6.45, 7) is -0.543. The lowest BCUT2D eigenvalue weighted by atomic mass is 10.0. The zero-order valence-corrected chi connectivity index (χ0v) is 8.38. The van der Waals surface area contributed by atoms with Crippen LogP contribution in [-0.2, 0) is 0 Å². The largest absolute Gasteiger partial charge is 0.478 e. The third kappa shape index (κ3) is 1.70. The average Bonchev–Trinajstić information content (AvgIpc) is 2.28. The van der Waals surface area contributed by atoms with E-state index in [0.717, 1.165) is 5.39 Å². The Morgan fingerprint density at radius 1 is 1.19 bits per heavy atom. The van der Waals surface area contributed by atoms with Crippen LogP contribution in [0.2, 0.25) is 0 Å². The smallest absolute Gasteiger partial charge is 0.340 e. The van der Waals surface area contributed by atoms with Crippen LogP contribution >= 0.6 is 0 Å². The second-order valence-corrected chi connectivity index (χ2v) is 3.24. The van der Waals surface area contributed by atoms with E-state index in [0.29, 0.717) is 5.39 Å². The molecule has 0 aromatic heterocycles. The van der Waals surface area contributed by atoms with Gasteiger partial charge in [0, 0.05) is 0 Å². The molecule has 4 nitrogen and oxygen atoms in total. The minimum Gasteiger partial charge on any atom is -0.478 e. The number of carbonyl (C=O) groups is 1. The fraction of sp³-hybridized carbons (Fsp3) is 0.0833. The van der Waals surface area contributed by atoms with Crippen LogP contribution in [-0.4, -0.2) is 23.0 Å². The van der Waals surface area contributed by atoms with Crippen molar-refractivity contribution >= 4 is 16.7 Å². The van der Waals surface area contributed by atoms with Crippen molar-refractivity contribution in [1.29, 1.82) is 0 Å². The Morgan fingerprint density at radius 2 is 1.94 bits per heavy atom. The number of fused-ring (bicyclic) bond motifs is 1. The van der Waals surface area contributed by atoms with Gasteiger partial charge >= 0.3 is 5.97 Å². The molecule has 0 aliphatic carbocycles. The first-order chi connectivity index (χ1) is 7.74. The van der Waals surface area contributed by atoms with Gasteiger partial charge in [0.2, 0.25) is 0 Å². The van der Waals surface area contributed by atoms with Crippen molar-refractivity contribution in [1.82, 2.24) is 0 Å². The van der Waals surface area contributed by atoms with E-state index in [4.69, 9.17) is 14.9 Å². The predicted molar refractivity (Wildman–Crippen MR) is 58.6 cm³/mol. The van der Waals surface area contributed by atoms with Gasteiger partial charge in [-0.3, -0.25) is 0 Å². The molecule has 0 fully saturated rings. The summed E-state index contributed by atoms with van der Waals surface area (Å²) in [5.41, 5.74) is 0.0761. The molecule has 0 bridgehead atoms. The Balaban J connectivity index is 2.73. The molecular weight excluding hydrogens is 208 g/mol. The molecule has 0 radical (unpaired) electrons. The lowest BCUT2D eigenvalue weighted by Gasteiger charge is -2.09. The maximum atomic E-state index is 11.1. The molecular formula is C12H10O4. The van der Waals surface area contributed by atoms with Crippen LogP contribution < -0.4 is 4.74 Å². The van der Waals surface area contributed by atoms with Gasteiger partial charge in [-0.05, 0) is 16.8 Å². The summed E-state index contributed by atoms with van der Waals surface area (Å²) < 4.78 is 4.88. The second-order valence-electron chi connectivity index (χ2n) is 3.24. The highest BCUT2D eigenvalue weighted by Gasteiger charge is 2.15. The minimum atomic E-state index is -1.07. The number of aliphatic hydroxyl groups excluding tert-OH is 1. The van der Waals surface area contributed by atoms with Crippen molar-refractivity contribution in [2.45, 2.75) is 0 Å². The molecule has 0 atom stereocenters. The molecule has 0 spiro atoms. The summed E-state index contributed by atoms with van der Waals surface area (Å²) in [6, 6.07) is 10.4. The minimum absolute atomic E-state index is 0.0761. The second kappa shape index (κ2) is 4.20. The molecule has 0 unspecified atom stereocenters. The number of benzene rings is 2. The molecule has 4 heteroatoms. The molecule has 0 aliphatic heterocycles. The molecule has 0 amide bonds. The van der Waals surface area contributed by atoms with Crippen molar-refractivity contribution in [2.75, 3.05) is 6.79 Å². The third-order valence-corrected chi connectivity index (χ3v) is 2.32. The van der Waals surface area contributed by atoms with E-state index in [2.05, 4.69) is 0 Å². The summed E-state index contributed by atoms with van der Waals surface area (Å²) in [6.07, 6.45) is 0. The number of hydrogen-bond acceptors (Lipinski definition) is 3. The summed E-state index contributed by atoms with van der Waals surface area (Å²) >= 11 is 0. The van der Waals surface area contributed by atoms with Crippen molar-refractivity contribution in [3.05, 3.63) is 42.0 Å². The van der Waals surface area contributed by atoms with Gasteiger partial charge < -0.3 is 14.9 Å². The highest BCUT2D eigenvalue weighted by molar-refractivity contribution is 6.06. The first kappa shape index (κ1) is 10.4. The Hall–Kier alpha value is -2.07. The Morgan fingerprint density at radius 3 is 2.62 bits per heavy atom. The maximum Gasteiger partial charge on any atom is 0.340 e. The predicted octanol–water partition coefficient (Wildman–Crippen LogP) is 1.87. The van der Waals surface area contributed by atoms with Gasteiger partial charge in [0.25, 0.3) is 0 Å². The SMILES string of the molecule is O=C(O)c1c(OCO)ccc2ccccc12. The highest BCUT2D eigenvalue weighted by atomic mass is 16.6. The van der Waals surface area contributed by atoms with Gasteiger partial charge in [0.15, 0.2) is 6.79 Å². The van der Waals surface area contributed by atoms with Crippen molar-refractivity contribution in [2.24, 2.45) is 0 Å². The Labute approximate surface area is 91.7 Å². The molecule has 0 aliphatic rings. The van der Waals surface area contributed by atoms with Gasteiger partial charge in [-0.2, -0.15) is 0 Å². The van der Waals surface area contributed by atoms with Crippen LogP contribution in [0.5, 0.6) is 5.75 Å². The van der Waals surface area contributed by atoms with E-state index in [1.807, 2.05) is 12.1 Å². The van der Waals surface area contributed by atoms with Crippen LogP contribution in [0.1, 0.15) is 10.4 Å². The summed E-state index contributed by atoms with van der Waals surface area (Å²) in [5.74, 6) is -0.894. The van der Waals surface area contributed by atoms with Crippen molar-refractivity contribution in [3.8, 4) is 5.75 Å². The fourth-order valence-electron chi connectivity index (χ4n) is 1.66. The van der Waals surface area contributed by atoms with Crippen LogP contribution in [0.4, 0.5) is 0 Å². The number of carboxylic acids is 1. The number of hydrogen-bond donors (Lipinski definition) is 2. The van der Waals surface area contributed by atoms with E-state index in [1.54, 1.807) is 24.3 Å². The van der Waals surface area contributed by atoms with E-state index >= 15 is 0 Å². The highest BCUT2D eigenvalue weighted by Crippen LogP contribution is 2.27. The standard InChI is InChI=1S/C12H10O4/c13-7-16-10-6-5-8-3-1-2-4-9(8)11(10)12(14)15/h1-6,13H,7H2,(H,14,15). The molecule has 2 N–H and O–H groups in total. The number of carboxylic acid groups (broad SMARTS) is 1. The maximum absolute atomic E-state index is 11.1. The fourth-order valence-corrected chi connectivity index (χ4v) is 1.66. The lowest BCUT2D eigenvalue weighted by molar-refractivity contribution is 0.0677. The molecule has 2 rings (SSSR count). The third-order valence-electron chi connectivity index (χ3n) is 2.32. The van der Waals surface area contributed by atoms with E-state index < -0.39 is 12.8 Å². The summed E-state index contributed by atoms with van der Waals surface area (Å²) in [4.78, 5) is 11.1. The molecule has 0 saturated heterocycles. The van der Waals surface area contributed by atoms with Gasteiger partial charge in [-0.15, -0.1) is 0 Å². The van der Waals surface area contributed by atoms with Crippen LogP contribution in [0.15, 0.2) is 36.4 Å². The zero-order chi connectivity index (χ0) is 11.5. The van der Waals surface area contributed by atoms with Gasteiger partial charge in [-0.25, -0.2) is 4.79 Å². The van der Waals surface area contributed by atoms with Gasteiger partial charge in [0.05, 0.1) is 0 Å².